The lowest BCUT2D eigenvalue weighted by Crippen LogP contribution is -2.46. The number of likely N-dealkylation sites (N-methyl/N-ethyl adjacent to an activating group) is 1. The Balaban J connectivity index is 4.12. The van der Waals surface area contributed by atoms with Crippen LogP contribution in [-0.4, -0.2) is 43.4 Å². The van der Waals surface area contributed by atoms with Gasteiger partial charge in [0.15, 0.2) is 0 Å². The molecule has 0 radical (unpaired) electrons. The number of carbonyl (C=O) groups is 2. The van der Waals surface area contributed by atoms with Crippen LogP contribution in [0.15, 0.2) is 0 Å². The molecule has 0 spiro atoms. The van der Waals surface area contributed by atoms with Gasteiger partial charge < -0.3 is 16.0 Å². The van der Waals surface area contributed by atoms with Crippen LogP contribution in [0, 0.1) is 5.92 Å². The Morgan fingerprint density at radius 2 is 1.86 bits per heavy atom. The molecule has 0 heterocycles. The van der Waals surface area contributed by atoms with Crippen molar-refractivity contribution in [1.82, 2.24) is 10.2 Å². The predicted molar refractivity (Wildman–Crippen MR) is 54.5 cm³/mol. The third kappa shape index (κ3) is 3.74. The van der Waals surface area contributed by atoms with E-state index in [0.717, 1.165) is 0 Å². The highest BCUT2D eigenvalue weighted by molar-refractivity contribution is 5.87. The second-order valence-electron chi connectivity index (χ2n) is 3.60. The molecule has 2 atom stereocenters. The molecule has 5 heteroatoms. The van der Waals surface area contributed by atoms with Crippen molar-refractivity contribution in [3.8, 4) is 0 Å². The Kier molecular flexibility index (Phi) is 5.15. The minimum absolute atomic E-state index is 0.123. The Bertz CT molecular complexity index is 216. The van der Waals surface area contributed by atoms with Gasteiger partial charge in [-0.2, -0.15) is 0 Å². The normalized spacial score (nSPS) is 14.4. The van der Waals surface area contributed by atoms with Crippen LogP contribution in [0.2, 0.25) is 0 Å². The van der Waals surface area contributed by atoms with E-state index in [1.807, 2.05) is 0 Å². The van der Waals surface area contributed by atoms with Crippen molar-refractivity contribution in [1.29, 1.82) is 0 Å². The van der Waals surface area contributed by atoms with Gasteiger partial charge in [0, 0.05) is 26.6 Å². The Morgan fingerprint density at radius 3 is 2.21 bits per heavy atom. The Labute approximate surface area is 84.6 Å². The van der Waals surface area contributed by atoms with Gasteiger partial charge in [0.05, 0.1) is 0 Å². The first-order valence-corrected chi connectivity index (χ1v) is 4.61. The molecule has 0 aliphatic rings. The third-order valence-electron chi connectivity index (χ3n) is 1.97. The first-order valence-electron chi connectivity index (χ1n) is 4.61. The van der Waals surface area contributed by atoms with Gasteiger partial charge in [-0.1, -0.05) is 6.92 Å². The fraction of sp³-hybridized carbons (Fsp3) is 0.778. The lowest BCUT2D eigenvalue weighted by atomic mass is 10.1. The zero-order valence-electron chi connectivity index (χ0n) is 9.20. The van der Waals surface area contributed by atoms with E-state index in [4.69, 9.17) is 5.73 Å². The molecular formula is C9H19N3O2. The molecule has 0 aromatic rings. The molecule has 0 saturated carbocycles. The number of carbonyl (C=O) groups excluding carboxylic acids is 2. The van der Waals surface area contributed by atoms with Crippen LogP contribution in [0.3, 0.4) is 0 Å². The van der Waals surface area contributed by atoms with Gasteiger partial charge in [0.2, 0.25) is 11.8 Å². The van der Waals surface area contributed by atoms with E-state index in [1.165, 1.54) is 4.90 Å². The van der Waals surface area contributed by atoms with Gasteiger partial charge in [0.25, 0.3) is 0 Å². The van der Waals surface area contributed by atoms with E-state index in [9.17, 15) is 9.59 Å². The molecule has 2 unspecified atom stereocenters. The lowest BCUT2D eigenvalue weighted by molar-refractivity contribution is -0.134. The summed E-state index contributed by atoms with van der Waals surface area (Å²) >= 11 is 0. The second-order valence-corrected chi connectivity index (χ2v) is 3.60. The van der Waals surface area contributed by atoms with Gasteiger partial charge in [-0.05, 0) is 6.92 Å². The monoisotopic (exact) mass is 201 g/mol. The summed E-state index contributed by atoms with van der Waals surface area (Å²) in [6.07, 6.45) is 0. The lowest BCUT2D eigenvalue weighted by Gasteiger charge is -2.19. The third-order valence-corrected chi connectivity index (χ3v) is 1.97. The number of nitrogens with two attached hydrogens (primary N) is 1. The summed E-state index contributed by atoms with van der Waals surface area (Å²) in [6.45, 7) is 3.67. The van der Waals surface area contributed by atoms with Crippen LogP contribution in [0.1, 0.15) is 13.8 Å². The first kappa shape index (κ1) is 12.9. The quantitative estimate of drug-likeness (QED) is 0.623. The average molecular weight is 201 g/mol. The highest BCUT2D eigenvalue weighted by Gasteiger charge is 2.19. The minimum Gasteiger partial charge on any atom is -0.347 e. The van der Waals surface area contributed by atoms with Crippen LogP contribution in [0.25, 0.3) is 0 Å². The van der Waals surface area contributed by atoms with Crippen molar-refractivity contribution in [3.05, 3.63) is 0 Å². The molecule has 0 aromatic carbocycles. The minimum atomic E-state index is -0.494. The van der Waals surface area contributed by atoms with E-state index in [2.05, 4.69) is 5.32 Å². The van der Waals surface area contributed by atoms with Crippen molar-refractivity contribution in [3.63, 3.8) is 0 Å². The van der Waals surface area contributed by atoms with Crippen LogP contribution < -0.4 is 11.1 Å². The maximum atomic E-state index is 11.4. The van der Waals surface area contributed by atoms with Gasteiger partial charge >= 0.3 is 0 Å². The molecule has 3 N–H and O–H groups in total. The number of hydrogen-bond donors (Lipinski definition) is 2. The summed E-state index contributed by atoms with van der Waals surface area (Å²) in [6, 6.07) is -0.494. The molecule has 0 rings (SSSR count). The van der Waals surface area contributed by atoms with Gasteiger partial charge in [-0.3, -0.25) is 9.59 Å². The topological polar surface area (TPSA) is 75.4 Å². The maximum absolute atomic E-state index is 11.4. The molecule has 0 aromatic heterocycles. The van der Waals surface area contributed by atoms with E-state index in [1.54, 1.807) is 27.9 Å². The fourth-order valence-corrected chi connectivity index (χ4v) is 0.912. The number of nitrogens with zero attached hydrogens (tertiary/aromatic N) is 1. The van der Waals surface area contributed by atoms with Crippen molar-refractivity contribution in [2.75, 3.05) is 20.6 Å². The van der Waals surface area contributed by atoms with Crippen molar-refractivity contribution in [2.45, 2.75) is 19.9 Å². The van der Waals surface area contributed by atoms with Gasteiger partial charge in [0.1, 0.15) is 6.04 Å². The molecule has 2 amide bonds. The standard InChI is InChI=1S/C9H19N3O2/c1-6(5-10)8(13)11-7(2)9(14)12(3)4/h6-7H,5,10H2,1-4H3,(H,11,13). The van der Waals surface area contributed by atoms with Crippen LogP contribution in [0.5, 0.6) is 0 Å². The largest absolute Gasteiger partial charge is 0.347 e. The summed E-state index contributed by atoms with van der Waals surface area (Å²) < 4.78 is 0. The van der Waals surface area contributed by atoms with Crippen molar-refractivity contribution in [2.24, 2.45) is 11.7 Å². The summed E-state index contributed by atoms with van der Waals surface area (Å²) in [5.41, 5.74) is 5.33. The average Bonchev–Trinajstić information content (AvgIpc) is 2.14. The van der Waals surface area contributed by atoms with E-state index in [-0.39, 0.29) is 24.3 Å². The maximum Gasteiger partial charge on any atom is 0.244 e. The highest BCUT2D eigenvalue weighted by atomic mass is 16.2. The number of amides is 2. The number of hydrogen-bond acceptors (Lipinski definition) is 3. The predicted octanol–water partition coefficient (Wildman–Crippen LogP) is -0.826. The van der Waals surface area contributed by atoms with Crippen LogP contribution in [-0.2, 0) is 9.59 Å². The molecule has 0 saturated heterocycles. The second kappa shape index (κ2) is 5.59. The van der Waals surface area contributed by atoms with E-state index >= 15 is 0 Å². The molecule has 0 fully saturated rings. The summed E-state index contributed by atoms with van der Waals surface area (Å²) in [5, 5.41) is 2.60. The first-order chi connectivity index (χ1) is 6.40. The molecule has 82 valence electrons. The van der Waals surface area contributed by atoms with Crippen molar-refractivity contribution < 1.29 is 9.59 Å². The molecule has 0 aliphatic carbocycles. The molecule has 14 heavy (non-hydrogen) atoms. The molecule has 0 bridgehead atoms. The van der Waals surface area contributed by atoms with Gasteiger partial charge in [-0.25, -0.2) is 0 Å². The van der Waals surface area contributed by atoms with Crippen LogP contribution in [0.4, 0.5) is 0 Å². The summed E-state index contributed by atoms with van der Waals surface area (Å²) in [5.74, 6) is -0.565. The van der Waals surface area contributed by atoms with Crippen LogP contribution >= 0.6 is 0 Å². The smallest absolute Gasteiger partial charge is 0.244 e. The SMILES string of the molecule is CC(CN)C(=O)NC(C)C(=O)N(C)C. The summed E-state index contributed by atoms with van der Waals surface area (Å²) in [7, 11) is 3.30. The zero-order chi connectivity index (χ0) is 11.3. The summed E-state index contributed by atoms with van der Waals surface area (Å²) in [4.78, 5) is 24.2. The number of nitrogens with one attached hydrogen (secondary N) is 1. The van der Waals surface area contributed by atoms with Crippen molar-refractivity contribution >= 4 is 11.8 Å². The van der Waals surface area contributed by atoms with E-state index in [0.29, 0.717) is 0 Å². The Hall–Kier alpha value is -1.10. The number of rotatable bonds is 4. The molecule has 0 aliphatic heterocycles. The molecule has 5 nitrogen and oxygen atoms in total. The molecular weight excluding hydrogens is 182 g/mol. The highest BCUT2D eigenvalue weighted by Crippen LogP contribution is 1.94. The fourth-order valence-electron chi connectivity index (χ4n) is 0.912. The Morgan fingerprint density at radius 1 is 1.36 bits per heavy atom. The zero-order valence-corrected chi connectivity index (χ0v) is 9.20. The van der Waals surface area contributed by atoms with Gasteiger partial charge in [-0.15, -0.1) is 0 Å². The van der Waals surface area contributed by atoms with E-state index < -0.39 is 6.04 Å².